The van der Waals surface area contributed by atoms with Crippen molar-refractivity contribution in [3.05, 3.63) is 53.2 Å². The fraction of sp³-hybridized carbons (Fsp3) is 0.227. The number of fused-ring (bicyclic) bond motifs is 1. The molecule has 0 radical (unpaired) electrons. The van der Waals surface area contributed by atoms with Crippen molar-refractivity contribution in [2.24, 2.45) is 0 Å². The van der Waals surface area contributed by atoms with Crippen molar-refractivity contribution < 1.29 is 23.7 Å². The van der Waals surface area contributed by atoms with Gasteiger partial charge in [-0.05, 0) is 49.4 Å². The van der Waals surface area contributed by atoms with Gasteiger partial charge >= 0.3 is 0 Å². The van der Waals surface area contributed by atoms with E-state index in [1.54, 1.807) is 25.3 Å². The number of hydrogen-bond acceptors (Lipinski definition) is 5. The molecule has 0 bridgehead atoms. The summed E-state index contributed by atoms with van der Waals surface area (Å²) in [7, 11) is 6.19. The van der Waals surface area contributed by atoms with Crippen LogP contribution in [-0.2, 0) is 0 Å². The summed E-state index contributed by atoms with van der Waals surface area (Å²) in [5.74, 6) is 1.91. The van der Waals surface area contributed by atoms with Crippen molar-refractivity contribution in [1.29, 1.82) is 0 Å². The molecule has 0 unspecified atom stereocenters. The van der Waals surface area contributed by atoms with Crippen molar-refractivity contribution in [1.82, 2.24) is 4.98 Å². The van der Waals surface area contributed by atoms with Crippen molar-refractivity contribution in [2.45, 2.75) is 6.92 Å². The van der Waals surface area contributed by atoms with Crippen LogP contribution in [0.2, 0.25) is 0 Å². The number of allylic oxidation sites excluding steroid dienone is 1. The molecule has 6 heteroatoms. The van der Waals surface area contributed by atoms with Crippen LogP contribution in [0.15, 0.2) is 36.4 Å². The lowest BCUT2D eigenvalue weighted by molar-refractivity contribution is 0.104. The van der Waals surface area contributed by atoms with E-state index in [0.29, 0.717) is 22.8 Å². The van der Waals surface area contributed by atoms with Crippen LogP contribution >= 0.6 is 0 Å². The van der Waals surface area contributed by atoms with Gasteiger partial charge in [-0.15, -0.1) is 0 Å². The first kappa shape index (κ1) is 19.4. The first-order chi connectivity index (χ1) is 13.5. The van der Waals surface area contributed by atoms with Crippen LogP contribution in [-0.4, -0.2) is 39.2 Å². The van der Waals surface area contributed by atoms with Crippen molar-refractivity contribution in [3.63, 3.8) is 0 Å². The summed E-state index contributed by atoms with van der Waals surface area (Å²) in [4.78, 5) is 16.1. The van der Waals surface area contributed by atoms with E-state index in [2.05, 4.69) is 4.98 Å². The average Bonchev–Trinajstić information content (AvgIpc) is 3.04. The number of rotatable bonds is 7. The number of ether oxygens (including phenoxy) is 4. The fourth-order valence-corrected chi connectivity index (χ4v) is 3.15. The van der Waals surface area contributed by atoms with Gasteiger partial charge in [0.15, 0.2) is 17.3 Å². The molecule has 146 valence electrons. The van der Waals surface area contributed by atoms with Crippen LogP contribution in [0.3, 0.4) is 0 Å². The molecule has 1 heterocycles. The molecular weight excluding hydrogens is 358 g/mol. The van der Waals surface area contributed by atoms with Gasteiger partial charge in [0.05, 0.1) is 28.4 Å². The summed E-state index contributed by atoms with van der Waals surface area (Å²) in [6.45, 7) is 1.97. The molecule has 0 atom stereocenters. The van der Waals surface area contributed by atoms with Crippen molar-refractivity contribution in [2.75, 3.05) is 28.4 Å². The van der Waals surface area contributed by atoms with Crippen LogP contribution in [0.25, 0.3) is 17.0 Å². The smallest absolute Gasteiger partial charge is 0.203 e. The third kappa shape index (κ3) is 3.53. The first-order valence-corrected chi connectivity index (χ1v) is 8.71. The van der Waals surface area contributed by atoms with Crippen LogP contribution in [0.5, 0.6) is 23.0 Å². The molecule has 0 aliphatic rings. The second-order valence-corrected chi connectivity index (χ2v) is 6.19. The maximum atomic E-state index is 12.8. The number of benzene rings is 2. The van der Waals surface area contributed by atoms with E-state index in [9.17, 15) is 4.79 Å². The van der Waals surface area contributed by atoms with Gasteiger partial charge in [-0.25, -0.2) is 0 Å². The maximum Gasteiger partial charge on any atom is 0.203 e. The van der Waals surface area contributed by atoms with Gasteiger partial charge in [-0.3, -0.25) is 4.79 Å². The maximum absolute atomic E-state index is 12.8. The number of aromatic amines is 1. The monoisotopic (exact) mass is 381 g/mol. The Bertz CT molecular complexity index is 1020. The Hall–Kier alpha value is -3.41. The van der Waals surface area contributed by atoms with Gasteiger partial charge in [-0.2, -0.15) is 0 Å². The van der Waals surface area contributed by atoms with E-state index >= 15 is 0 Å². The predicted molar refractivity (Wildman–Crippen MR) is 109 cm³/mol. The molecule has 1 aromatic heterocycles. The highest BCUT2D eigenvalue weighted by Crippen LogP contribution is 2.38. The Kier molecular flexibility index (Phi) is 5.59. The molecule has 1 N–H and O–H groups in total. The minimum absolute atomic E-state index is 0.170. The molecule has 28 heavy (non-hydrogen) atoms. The SMILES string of the molecule is COc1ccc2[nH]c(C)c(/C=C/C(=O)c3cc(OC)c(OC)c(OC)c3)c2c1. The highest BCUT2D eigenvalue weighted by molar-refractivity contribution is 6.08. The molecule has 3 rings (SSSR count). The lowest BCUT2D eigenvalue weighted by Crippen LogP contribution is -2.00. The topological polar surface area (TPSA) is 69.8 Å². The molecule has 2 aromatic carbocycles. The minimum Gasteiger partial charge on any atom is -0.497 e. The first-order valence-electron chi connectivity index (χ1n) is 8.71. The summed E-state index contributed by atoms with van der Waals surface area (Å²) in [6.07, 6.45) is 3.34. The molecule has 6 nitrogen and oxygen atoms in total. The predicted octanol–water partition coefficient (Wildman–Crippen LogP) is 4.41. The summed E-state index contributed by atoms with van der Waals surface area (Å²) in [5.41, 5.74) is 3.34. The average molecular weight is 381 g/mol. The number of hydrogen-bond donors (Lipinski definition) is 1. The van der Waals surface area contributed by atoms with Crippen molar-refractivity contribution in [3.8, 4) is 23.0 Å². The Morgan fingerprint density at radius 3 is 2.18 bits per heavy atom. The van der Waals surface area contributed by atoms with Gasteiger partial charge < -0.3 is 23.9 Å². The highest BCUT2D eigenvalue weighted by atomic mass is 16.5. The van der Waals surface area contributed by atoms with Crippen LogP contribution in [0.4, 0.5) is 0 Å². The lowest BCUT2D eigenvalue weighted by atomic mass is 10.1. The van der Waals surface area contributed by atoms with Crippen molar-refractivity contribution >= 4 is 22.8 Å². The second kappa shape index (κ2) is 8.08. The Balaban J connectivity index is 1.98. The van der Waals surface area contributed by atoms with E-state index in [-0.39, 0.29) is 5.78 Å². The molecular formula is C22H23NO5. The number of methoxy groups -OCH3 is 4. The zero-order valence-corrected chi connectivity index (χ0v) is 16.6. The molecule has 0 saturated carbocycles. The molecule has 0 amide bonds. The highest BCUT2D eigenvalue weighted by Gasteiger charge is 2.16. The molecule has 0 spiro atoms. The number of nitrogens with one attached hydrogen (secondary N) is 1. The second-order valence-electron chi connectivity index (χ2n) is 6.19. The third-order valence-electron chi connectivity index (χ3n) is 4.59. The number of aryl methyl sites for hydroxylation is 1. The zero-order valence-electron chi connectivity index (χ0n) is 16.6. The number of carbonyl (C=O) groups is 1. The van der Waals surface area contributed by atoms with E-state index < -0.39 is 0 Å². The van der Waals surface area contributed by atoms with Crippen LogP contribution in [0.1, 0.15) is 21.6 Å². The summed E-state index contributed by atoms with van der Waals surface area (Å²) in [6, 6.07) is 9.08. The summed E-state index contributed by atoms with van der Waals surface area (Å²) < 4.78 is 21.3. The zero-order chi connectivity index (χ0) is 20.3. The quantitative estimate of drug-likeness (QED) is 0.485. The van der Waals surface area contributed by atoms with Gasteiger partial charge in [0.2, 0.25) is 5.75 Å². The molecule has 0 saturated heterocycles. The minimum atomic E-state index is -0.170. The Labute approximate surface area is 163 Å². The Morgan fingerprint density at radius 2 is 1.61 bits per heavy atom. The van der Waals surface area contributed by atoms with Crippen LogP contribution < -0.4 is 18.9 Å². The van der Waals surface area contributed by atoms with Gasteiger partial charge in [-0.1, -0.05) is 0 Å². The van der Waals surface area contributed by atoms with Crippen LogP contribution in [0, 0.1) is 6.92 Å². The van der Waals surface area contributed by atoms with E-state index in [0.717, 1.165) is 27.9 Å². The number of H-pyrrole nitrogens is 1. The van der Waals surface area contributed by atoms with Gasteiger partial charge in [0.25, 0.3) is 0 Å². The van der Waals surface area contributed by atoms with Gasteiger partial charge in [0.1, 0.15) is 5.75 Å². The van der Waals surface area contributed by atoms with E-state index in [1.165, 1.54) is 27.4 Å². The number of aromatic nitrogens is 1. The fourth-order valence-electron chi connectivity index (χ4n) is 3.15. The standard InChI is InChI=1S/C22H23NO5/c1-13-16(17-12-15(25-2)6-8-18(17)23-13)7-9-19(24)14-10-20(26-3)22(28-5)21(11-14)27-4/h6-12,23H,1-5H3/b9-7+. The Morgan fingerprint density at radius 1 is 0.929 bits per heavy atom. The van der Waals surface area contributed by atoms with E-state index in [4.69, 9.17) is 18.9 Å². The number of carbonyl (C=O) groups excluding carboxylic acids is 1. The molecule has 3 aromatic rings. The lowest BCUT2D eigenvalue weighted by Gasteiger charge is -2.13. The van der Waals surface area contributed by atoms with Gasteiger partial charge in [0, 0.05) is 27.7 Å². The summed E-state index contributed by atoms with van der Waals surface area (Å²) >= 11 is 0. The summed E-state index contributed by atoms with van der Waals surface area (Å²) in [5, 5.41) is 0.991. The molecule has 0 aliphatic heterocycles. The largest absolute Gasteiger partial charge is 0.497 e. The van der Waals surface area contributed by atoms with E-state index in [1.807, 2.05) is 25.1 Å². The normalized spacial score (nSPS) is 11.0. The molecule has 0 aliphatic carbocycles. The molecule has 0 fully saturated rings. The number of ketones is 1. The third-order valence-corrected chi connectivity index (χ3v) is 4.59.